The number of hydrogen-bond acceptors (Lipinski definition) is 7. The molecule has 10 aromatic rings. The number of para-hydroxylation sites is 5. The van der Waals surface area contributed by atoms with Gasteiger partial charge < -0.3 is 44.2 Å². The molecule has 66 heavy (non-hydrogen) atoms. The molecule has 0 aliphatic heterocycles. The van der Waals surface area contributed by atoms with Crippen LogP contribution in [-0.2, 0) is 33.7 Å². The zero-order valence-electron chi connectivity index (χ0n) is 35.8. The number of fused-ring (bicyclic) bond motifs is 5. The van der Waals surface area contributed by atoms with Crippen molar-refractivity contribution in [1.29, 1.82) is 0 Å². The minimum atomic E-state index is -0.428. The van der Waals surface area contributed by atoms with E-state index < -0.39 is 5.97 Å². The Labute approximate surface area is 383 Å². The number of benzene rings is 5. The minimum absolute atomic E-state index is 0. The molecule has 0 saturated carbocycles. The molecule has 0 radical (unpaired) electrons. The quantitative estimate of drug-likeness (QED) is 0.0553. The Kier molecular flexibility index (Phi) is 15.7. The highest BCUT2D eigenvalue weighted by atomic mass is 16.5. The fraction of sp³-hybridized carbons (Fsp3) is 0.204. The van der Waals surface area contributed by atoms with Gasteiger partial charge in [0.1, 0.15) is 17.1 Å². The summed E-state index contributed by atoms with van der Waals surface area (Å²) in [5.74, 6) is -1.17. The van der Waals surface area contributed by atoms with E-state index in [4.69, 9.17) is 14.2 Å². The molecule has 0 amide bonds. The number of aliphatic hydroxyl groups is 1. The number of aliphatic hydroxyl groups excluding tert-OH is 1. The highest BCUT2D eigenvalue weighted by Gasteiger charge is 2.25. The third-order valence-electron chi connectivity index (χ3n) is 11.1. The number of aromatic amines is 5. The van der Waals surface area contributed by atoms with Crippen LogP contribution in [0, 0.1) is 0 Å². The zero-order valence-corrected chi connectivity index (χ0v) is 35.8. The molecule has 0 saturated heterocycles. The molecule has 0 bridgehead atoms. The lowest BCUT2D eigenvalue weighted by atomic mass is 9.96. The molecule has 12 nitrogen and oxygen atoms in total. The van der Waals surface area contributed by atoms with E-state index in [0.29, 0.717) is 55.3 Å². The van der Waals surface area contributed by atoms with Gasteiger partial charge >= 0.3 is 17.9 Å². The summed E-state index contributed by atoms with van der Waals surface area (Å²) < 4.78 is 15.7. The smallest absolute Gasteiger partial charge is 0.355 e. The standard InChI is InChI=1S/C32H29N3O4.C12H13NO3.C8H7N.2CH4/c1-3-38-31(36)29-23(20-12-6-9-15-26(20)34-29)17-22-19-11-5-8-14-25(19)33-28(22)18-24-21-13-7-10-16-27(21)35-30(24)32(37)39-4-2;1-2-16-12(15)11-9(7-14)8-5-3-4-6-10(8)13-11;1-2-4-8-7(3-1)5-6-9-8;;/h5-16,33-35H,3-4,17-18H2,1-2H3;3-6,13-14H,2,7H2,1H3;1-6,9H;2*1H4. The lowest BCUT2D eigenvalue weighted by molar-refractivity contribution is 0.0508. The molecule has 340 valence electrons. The third-order valence-corrected chi connectivity index (χ3v) is 11.1. The maximum absolute atomic E-state index is 13.0. The van der Waals surface area contributed by atoms with Crippen molar-refractivity contribution in [1.82, 2.24) is 24.9 Å². The molecule has 0 unspecified atom stereocenters. The largest absolute Gasteiger partial charge is 0.461 e. The average Bonchev–Trinajstić information content (AvgIpc) is 4.16. The summed E-state index contributed by atoms with van der Waals surface area (Å²) in [5.41, 5.74) is 10.5. The van der Waals surface area contributed by atoms with Gasteiger partial charge in [-0.1, -0.05) is 106 Å². The molecule has 12 heteroatoms. The van der Waals surface area contributed by atoms with Crippen molar-refractivity contribution in [2.24, 2.45) is 0 Å². The predicted octanol–water partition coefficient (Wildman–Crippen LogP) is 11.9. The molecule has 5 heterocycles. The molecule has 10 rings (SSSR count). The molecule has 0 aliphatic carbocycles. The van der Waals surface area contributed by atoms with Gasteiger partial charge in [-0.25, -0.2) is 14.4 Å². The van der Waals surface area contributed by atoms with Gasteiger partial charge in [0.15, 0.2) is 0 Å². The molecule has 0 aliphatic rings. The Morgan fingerprint density at radius 1 is 0.439 bits per heavy atom. The van der Waals surface area contributed by atoms with Gasteiger partial charge in [-0.3, -0.25) is 0 Å². The molecule has 6 N–H and O–H groups in total. The fourth-order valence-electron chi connectivity index (χ4n) is 8.22. The van der Waals surface area contributed by atoms with Crippen LogP contribution in [0.1, 0.15) is 95.0 Å². The lowest BCUT2D eigenvalue weighted by Gasteiger charge is -2.09. The molecule has 0 spiro atoms. The second-order valence-electron chi connectivity index (χ2n) is 14.9. The van der Waals surface area contributed by atoms with Gasteiger partial charge in [-0.15, -0.1) is 0 Å². The van der Waals surface area contributed by atoms with Crippen LogP contribution in [0.2, 0.25) is 0 Å². The van der Waals surface area contributed by atoms with Crippen molar-refractivity contribution >= 4 is 72.4 Å². The van der Waals surface area contributed by atoms with Crippen molar-refractivity contribution in [3.05, 3.63) is 179 Å². The van der Waals surface area contributed by atoms with Crippen molar-refractivity contribution < 1.29 is 33.7 Å². The molecule has 0 fully saturated rings. The van der Waals surface area contributed by atoms with Crippen LogP contribution in [0.3, 0.4) is 0 Å². The number of H-pyrrole nitrogens is 5. The number of carbonyl (C=O) groups excluding carboxylic acids is 3. The first-order valence-corrected chi connectivity index (χ1v) is 21.3. The van der Waals surface area contributed by atoms with Crippen LogP contribution >= 0.6 is 0 Å². The van der Waals surface area contributed by atoms with E-state index in [2.05, 4.69) is 49.2 Å². The van der Waals surface area contributed by atoms with Crippen LogP contribution in [0.15, 0.2) is 134 Å². The number of rotatable bonds is 11. The summed E-state index contributed by atoms with van der Waals surface area (Å²) in [6.45, 7) is 6.08. The first-order chi connectivity index (χ1) is 31.3. The second-order valence-corrected chi connectivity index (χ2v) is 14.9. The van der Waals surface area contributed by atoms with Crippen LogP contribution in [-0.4, -0.2) is 67.8 Å². The summed E-state index contributed by atoms with van der Waals surface area (Å²) in [6, 6.07) is 41.7. The van der Waals surface area contributed by atoms with Gasteiger partial charge in [0.2, 0.25) is 0 Å². The van der Waals surface area contributed by atoms with Crippen molar-refractivity contribution in [3.8, 4) is 0 Å². The van der Waals surface area contributed by atoms with E-state index in [9.17, 15) is 19.5 Å². The van der Waals surface area contributed by atoms with Gasteiger partial charge in [0.25, 0.3) is 0 Å². The Morgan fingerprint density at radius 2 is 0.803 bits per heavy atom. The maximum atomic E-state index is 13.0. The van der Waals surface area contributed by atoms with Crippen LogP contribution in [0.5, 0.6) is 0 Å². The van der Waals surface area contributed by atoms with Crippen LogP contribution < -0.4 is 0 Å². The summed E-state index contributed by atoms with van der Waals surface area (Å²) in [7, 11) is 0. The van der Waals surface area contributed by atoms with E-state index in [1.165, 1.54) is 10.9 Å². The first-order valence-electron chi connectivity index (χ1n) is 21.3. The highest BCUT2D eigenvalue weighted by molar-refractivity contribution is 6.01. The van der Waals surface area contributed by atoms with Gasteiger partial charge in [0, 0.05) is 79.4 Å². The lowest BCUT2D eigenvalue weighted by Crippen LogP contribution is -2.10. The minimum Gasteiger partial charge on any atom is -0.461 e. The van der Waals surface area contributed by atoms with Crippen LogP contribution in [0.4, 0.5) is 0 Å². The monoisotopic (exact) mass is 887 g/mol. The van der Waals surface area contributed by atoms with Gasteiger partial charge in [-0.2, -0.15) is 0 Å². The first kappa shape index (κ1) is 47.6. The summed E-state index contributed by atoms with van der Waals surface area (Å²) in [5, 5.41) is 14.5. The van der Waals surface area contributed by atoms with Crippen molar-refractivity contribution in [2.75, 3.05) is 19.8 Å². The Bertz CT molecular complexity index is 3210. The average molecular weight is 888 g/mol. The van der Waals surface area contributed by atoms with Gasteiger partial charge in [-0.05, 0) is 79.2 Å². The van der Waals surface area contributed by atoms with Crippen molar-refractivity contribution in [2.45, 2.75) is 55.1 Å². The Hall–Kier alpha value is -7.83. The number of ether oxygens (including phenoxy) is 3. The van der Waals surface area contributed by atoms with Crippen molar-refractivity contribution in [3.63, 3.8) is 0 Å². The number of nitrogens with one attached hydrogen (secondary N) is 5. The number of hydrogen-bond donors (Lipinski definition) is 6. The third kappa shape index (κ3) is 9.79. The maximum Gasteiger partial charge on any atom is 0.355 e. The predicted molar refractivity (Wildman–Crippen MR) is 264 cm³/mol. The topological polar surface area (TPSA) is 178 Å². The number of carbonyl (C=O) groups is 3. The summed E-state index contributed by atoms with van der Waals surface area (Å²) in [4.78, 5) is 53.8. The van der Waals surface area contributed by atoms with E-state index >= 15 is 0 Å². The zero-order chi connectivity index (χ0) is 44.6. The van der Waals surface area contributed by atoms with E-state index in [0.717, 1.165) is 66.0 Å². The van der Waals surface area contributed by atoms with Gasteiger partial charge in [0.05, 0.1) is 26.4 Å². The molecule has 5 aromatic carbocycles. The number of esters is 3. The Morgan fingerprint density at radius 3 is 1.24 bits per heavy atom. The summed E-state index contributed by atoms with van der Waals surface area (Å²) in [6.07, 6.45) is 2.94. The second kappa shape index (κ2) is 21.7. The molecular weight excluding hydrogens is 831 g/mol. The SMILES string of the molecule is C.C.CCOC(=O)c1[nH]c2ccccc2c1CO.CCOC(=O)c1[nH]c2ccccc2c1Cc1[nH]c2ccccc2c1Cc1c(C(=O)OCC)[nH]c2ccccc12.c1ccc2[nH]ccc2c1. The number of aromatic nitrogens is 5. The van der Waals surface area contributed by atoms with Crippen LogP contribution in [0.25, 0.3) is 54.5 Å². The van der Waals surface area contributed by atoms with E-state index in [1.54, 1.807) is 20.8 Å². The highest BCUT2D eigenvalue weighted by Crippen LogP contribution is 2.34. The molecule has 0 atom stereocenters. The molecular formula is C54H57N5O7. The Balaban J connectivity index is 0.000000218. The fourth-order valence-corrected chi connectivity index (χ4v) is 8.22. The van der Waals surface area contributed by atoms with E-state index in [1.807, 2.05) is 109 Å². The normalized spacial score (nSPS) is 10.7. The molecule has 5 aromatic heterocycles. The van der Waals surface area contributed by atoms with E-state index in [-0.39, 0.29) is 33.4 Å². The summed E-state index contributed by atoms with van der Waals surface area (Å²) >= 11 is 0.